The second-order valence-electron chi connectivity index (χ2n) is 6.49. The van der Waals surface area contributed by atoms with E-state index in [-0.39, 0.29) is 11.4 Å². The average molecular weight is 323 g/mol. The van der Waals surface area contributed by atoms with Gasteiger partial charge in [-0.3, -0.25) is 4.79 Å². The summed E-state index contributed by atoms with van der Waals surface area (Å²) in [5.41, 5.74) is 2.25. The smallest absolute Gasteiger partial charge is 0.312 e. The van der Waals surface area contributed by atoms with Crippen molar-refractivity contribution in [2.45, 2.75) is 51.4 Å². The van der Waals surface area contributed by atoms with E-state index in [4.69, 9.17) is 4.74 Å². The summed E-state index contributed by atoms with van der Waals surface area (Å²) in [6, 6.07) is 4.27. The molecule has 1 fully saturated rings. The highest BCUT2D eigenvalue weighted by Crippen LogP contribution is 2.44. The molecule has 0 radical (unpaired) electrons. The molecule has 0 amide bonds. The fraction of sp³-hybridized carbons (Fsp3) is 0.562. The number of hydrogen-bond acceptors (Lipinski definition) is 2. The second kappa shape index (κ2) is 4.62. The molecule has 1 saturated carbocycles. The Balaban J connectivity index is 1.98. The molecule has 1 aromatic rings. The first-order chi connectivity index (χ1) is 8.95. The minimum atomic E-state index is -0.154. The summed E-state index contributed by atoms with van der Waals surface area (Å²) in [6.07, 6.45) is 5.57. The predicted molar refractivity (Wildman–Crippen MR) is 78.5 cm³/mol. The summed E-state index contributed by atoms with van der Waals surface area (Å²) >= 11 is 3.67. The first kappa shape index (κ1) is 13.2. The van der Waals surface area contributed by atoms with Gasteiger partial charge in [0.1, 0.15) is 5.75 Å². The number of carbonyl (C=O) groups is 1. The lowest BCUT2D eigenvalue weighted by molar-refractivity contribution is -0.136. The fourth-order valence-corrected chi connectivity index (χ4v) is 4.15. The highest BCUT2D eigenvalue weighted by atomic mass is 79.9. The number of ether oxygens (including phenoxy) is 1. The number of carbonyl (C=O) groups excluding carboxylic acids is 1. The fourth-order valence-electron chi connectivity index (χ4n) is 3.13. The van der Waals surface area contributed by atoms with Crippen molar-refractivity contribution in [1.29, 1.82) is 0 Å². The molecule has 102 valence electrons. The molecule has 0 saturated heterocycles. The summed E-state index contributed by atoms with van der Waals surface area (Å²) in [4.78, 5) is 11.7. The Morgan fingerprint density at radius 2 is 2.11 bits per heavy atom. The molecule has 1 aromatic carbocycles. The van der Waals surface area contributed by atoms with Gasteiger partial charge in [-0.25, -0.2) is 0 Å². The van der Waals surface area contributed by atoms with Gasteiger partial charge in [0.2, 0.25) is 0 Å². The van der Waals surface area contributed by atoms with E-state index in [1.807, 2.05) is 0 Å². The Morgan fingerprint density at radius 1 is 1.37 bits per heavy atom. The lowest BCUT2D eigenvalue weighted by atomic mass is 9.77. The summed E-state index contributed by atoms with van der Waals surface area (Å²) in [7, 11) is 0. The van der Waals surface area contributed by atoms with Crippen LogP contribution < -0.4 is 4.74 Å². The van der Waals surface area contributed by atoms with Crippen LogP contribution in [0.15, 0.2) is 16.6 Å². The molecule has 1 heterocycles. The van der Waals surface area contributed by atoms with Crippen LogP contribution in [0.3, 0.4) is 0 Å². The Hall–Kier alpha value is -0.830. The van der Waals surface area contributed by atoms with Gasteiger partial charge in [0.15, 0.2) is 0 Å². The first-order valence-electron chi connectivity index (χ1n) is 6.99. The summed E-state index contributed by atoms with van der Waals surface area (Å²) in [5.74, 6) is 1.45. The van der Waals surface area contributed by atoms with E-state index >= 15 is 0 Å². The van der Waals surface area contributed by atoms with E-state index in [1.54, 1.807) is 0 Å². The van der Waals surface area contributed by atoms with E-state index < -0.39 is 0 Å². The van der Waals surface area contributed by atoms with Crippen molar-refractivity contribution in [2.75, 3.05) is 0 Å². The maximum absolute atomic E-state index is 11.7. The van der Waals surface area contributed by atoms with Crippen molar-refractivity contribution < 1.29 is 9.53 Å². The van der Waals surface area contributed by atoms with Crippen LogP contribution >= 0.6 is 15.9 Å². The van der Waals surface area contributed by atoms with Crippen LogP contribution in [0.1, 0.15) is 50.7 Å². The number of halogens is 1. The number of fused-ring (bicyclic) bond motifs is 1. The van der Waals surface area contributed by atoms with Crippen molar-refractivity contribution in [1.82, 2.24) is 0 Å². The van der Waals surface area contributed by atoms with Gasteiger partial charge in [0.05, 0.1) is 6.42 Å². The summed E-state index contributed by atoms with van der Waals surface area (Å²) in [5, 5.41) is 0. The zero-order valence-electron chi connectivity index (χ0n) is 11.5. The minimum Gasteiger partial charge on any atom is -0.426 e. The molecule has 1 aliphatic carbocycles. The molecule has 2 aliphatic rings. The molecule has 0 bridgehead atoms. The van der Waals surface area contributed by atoms with E-state index in [0.29, 0.717) is 6.42 Å². The lowest BCUT2D eigenvalue weighted by Gasteiger charge is -2.33. The van der Waals surface area contributed by atoms with Crippen LogP contribution in [0.25, 0.3) is 0 Å². The van der Waals surface area contributed by atoms with Crippen LogP contribution in [0.4, 0.5) is 0 Å². The molecule has 19 heavy (non-hydrogen) atoms. The van der Waals surface area contributed by atoms with Gasteiger partial charge in [-0.2, -0.15) is 0 Å². The number of hydrogen-bond donors (Lipinski definition) is 0. The van der Waals surface area contributed by atoms with Gasteiger partial charge in [0.25, 0.3) is 0 Å². The third-order valence-electron chi connectivity index (χ3n) is 4.35. The topological polar surface area (TPSA) is 26.3 Å². The van der Waals surface area contributed by atoms with Gasteiger partial charge < -0.3 is 4.74 Å². The highest BCUT2D eigenvalue weighted by Gasteiger charge is 2.36. The van der Waals surface area contributed by atoms with Gasteiger partial charge >= 0.3 is 5.97 Å². The number of esters is 1. The molecule has 0 aromatic heterocycles. The Bertz CT molecular complexity index is 530. The standard InChI is InChI=1S/C16H19BrO2/c1-16(2)9-14(18)19-13-8-11(6-10-4-3-5-10)7-12(17)15(13)16/h7-8,10H,3-6,9H2,1-2H3. The third kappa shape index (κ3) is 2.45. The number of benzene rings is 1. The zero-order valence-corrected chi connectivity index (χ0v) is 13.0. The summed E-state index contributed by atoms with van der Waals surface area (Å²) in [6.45, 7) is 4.20. The quantitative estimate of drug-likeness (QED) is 0.596. The summed E-state index contributed by atoms with van der Waals surface area (Å²) < 4.78 is 6.53. The van der Waals surface area contributed by atoms with Crippen molar-refractivity contribution >= 4 is 21.9 Å². The van der Waals surface area contributed by atoms with Crippen molar-refractivity contribution in [3.63, 3.8) is 0 Å². The molecule has 1 aliphatic heterocycles. The number of rotatable bonds is 2. The van der Waals surface area contributed by atoms with Crippen molar-refractivity contribution in [3.05, 3.63) is 27.7 Å². The molecule has 0 atom stereocenters. The lowest BCUT2D eigenvalue weighted by Crippen LogP contribution is -2.31. The van der Waals surface area contributed by atoms with Crippen LogP contribution in [0.5, 0.6) is 5.75 Å². The molecule has 2 nitrogen and oxygen atoms in total. The Kier molecular flexibility index (Phi) is 3.20. The zero-order chi connectivity index (χ0) is 13.6. The second-order valence-corrected chi connectivity index (χ2v) is 7.34. The van der Waals surface area contributed by atoms with Crippen LogP contribution in [-0.4, -0.2) is 5.97 Å². The van der Waals surface area contributed by atoms with E-state index in [9.17, 15) is 4.79 Å². The Labute approximate surface area is 122 Å². The monoisotopic (exact) mass is 322 g/mol. The third-order valence-corrected chi connectivity index (χ3v) is 4.98. The molecular formula is C16H19BrO2. The molecule has 3 rings (SSSR count). The van der Waals surface area contributed by atoms with Crippen LogP contribution in [0, 0.1) is 5.92 Å². The SMILES string of the molecule is CC1(C)CC(=O)Oc2cc(CC3CCC3)cc(Br)c21. The predicted octanol–water partition coefficient (Wildman–Crippen LogP) is 4.38. The maximum atomic E-state index is 11.7. The van der Waals surface area contributed by atoms with E-state index in [1.165, 1.54) is 24.8 Å². The first-order valence-corrected chi connectivity index (χ1v) is 7.78. The molecular weight excluding hydrogens is 304 g/mol. The minimum absolute atomic E-state index is 0.120. The van der Waals surface area contributed by atoms with Gasteiger partial charge in [-0.05, 0) is 30.0 Å². The molecule has 0 spiro atoms. The largest absolute Gasteiger partial charge is 0.426 e. The molecule has 3 heteroatoms. The van der Waals surface area contributed by atoms with Crippen LogP contribution in [0.2, 0.25) is 0 Å². The highest BCUT2D eigenvalue weighted by molar-refractivity contribution is 9.10. The maximum Gasteiger partial charge on any atom is 0.312 e. The molecule has 0 unspecified atom stereocenters. The normalized spacial score (nSPS) is 21.5. The van der Waals surface area contributed by atoms with Crippen LogP contribution in [-0.2, 0) is 16.6 Å². The van der Waals surface area contributed by atoms with E-state index in [2.05, 4.69) is 41.9 Å². The average Bonchev–Trinajstić information content (AvgIpc) is 2.20. The Morgan fingerprint density at radius 3 is 2.74 bits per heavy atom. The van der Waals surface area contributed by atoms with Crippen molar-refractivity contribution in [2.24, 2.45) is 5.92 Å². The molecule has 0 N–H and O–H groups in total. The van der Waals surface area contributed by atoms with Gasteiger partial charge in [-0.1, -0.05) is 49.0 Å². The van der Waals surface area contributed by atoms with Gasteiger partial charge in [-0.15, -0.1) is 0 Å². The van der Waals surface area contributed by atoms with Gasteiger partial charge in [0, 0.05) is 15.5 Å². The van der Waals surface area contributed by atoms with Crippen molar-refractivity contribution in [3.8, 4) is 5.75 Å². The van der Waals surface area contributed by atoms with E-state index in [0.717, 1.165) is 28.1 Å².